The zero-order valence-corrected chi connectivity index (χ0v) is 20.0. The van der Waals surface area contributed by atoms with Crippen molar-refractivity contribution in [3.63, 3.8) is 0 Å². The first-order valence-corrected chi connectivity index (χ1v) is 12.4. The second kappa shape index (κ2) is 11.3. The molecule has 1 atom stereocenters. The number of likely N-dealkylation sites (tertiary alicyclic amines) is 1. The van der Waals surface area contributed by atoms with Crippen molar-refractivity contribution in [3.8, 4) is 11.5 Å². The average Bonchev–Trinajstić information content (AvgIpc) is 3.37. The number of ether oxygens (including phenoxy) is 2. The molecule has 2 aliphatic heterocycles. The van der Waals surface area contributed by atoms with Gasteiger partial charge in [-0.25, -0.2) is 4.79 Å². The number of thiophene rings is 1. The maximum Gasteiger partial charge on any atom is 0.325 e. The summed E-state index contributed by atoms with van der Waals surface area (Å²) in [5, 5.41) is 10.1. The van der Waals surface area contributed by atoms with Crippen LogP contribution in [0.2, 0.25) is 0 Å². The van der Waals surface area contributed by atoms with Crippen molar-refractivity contribution in [3.05, 3.63) is 40.6 Å². The smallest absolute Gasteiger partial charge is 0.325 e. The second-order valence-electron chi connectivity index (χ2n) is 8.41. The van der Waals surface area contributed by atoms with E-state index in [1.165, 1.54) is 4.88 Å². The number of urea groups is 1. The van der Waals surface area contributed by atoms with E-state index in [2.05, 4.69) is 22.0 Å². The maximum absolute atomic E-state index is 12.6. The third kappa shape index (κ3) is 6.27. The maximum atomic E-state index is 12.6. The van der Waals surface area contributed by atoms with Crippen LogP contribution >= 0.6 is 11.3 Å². The van der Waals surface area contributed by atoms with E-state index in [0.717, 1.165) is 6.42 Å². The van der Waals surface area contributed by atoms with Gasteiger partial charge in [-0.3, -0.25) is 19.8 Å². The van der Waals surface area contributed by atoms with Gasteiger partial charge in [-0.1, -0.05) is 6.07 Å². The van der Waals surface area contributed by atoms with Crippen LogP contribution in [0.25, 0.3) is 0 Å². The van der Waals surface area contributed by atoms with Crippen molar-refractivity contribution in [2.24, 2.45) is 5.92 Å². The van der Waals surface area contributed by atoms with Gasteiger partial charge in [0.1, 0.15) is 13.2 Å². The molecule has 4 rings (SSSR count). The monoisotopic (exact) mass is 486 g/mol. The van der Waals surface area contributed by atoms with Crippen molar-refractivity contribution in [2.75, 3.05) is 38.2 Å². The quantitative estimate of drug-likeness (QED) is 0.555. The van der Waals surface area contributed by atoms with Gasteiger partial charge < -0.3 is 20.1 Å². The Labute approximate surface area is 202 Å². The first-order chi connectivity index (χ1) is 16.5. The number of anilines is 1. The molecule has 34 heavy (non-hydrogen) atoms. The summed E-state index contributed by atoms with van der Waals surface area (Å²) in [5.74, 6) is 0.832. The van der Waals surface area contributed by atoms with Crippen LogP contribution in [-0.2, 0) is 16.0 Å². The third-order valence-corrected chi connectivity index (χ3v) is 7.05. The minimum absolute atomic E-state index is 0.0478. The molecule has 3 heterocycles. The van der Waals surface area contributed by atoms with E-state index >= 15 is 0 Å². The average molecular weight is 487 g/mol. The molecule has 0 saturated carbocycles. The fourth-order valence-electron chi connectivity index (χ4n) is 4.12. The molecule has 1 aromatic heterocycles. The van der Waals surface area contributed by atoms with Crippen molar-refractivity contribution in [1.82, 2.24) is 15.5 Å². The molecule has 4 amide bonds. The molecule has 1 saturated heterocycles. The van der Waals surface area contributed by atoms with Crippen LogP contribution in [0.4, 0.5) is 10.5 Å². The van der Waals surface area contributed by atoms with Gasteiger partial charge in [-0.05, 0) is 62.9 Å². The first kappa shape index (κ1) is 24.0. The van der Waals surface area contributed by atoms with Gasteiger partial charge in [0, 0.05) is 29.1 Å². The minimum Gasteiger partial charge on any atom is -0.486 e. The molecule has 1 aromatic carbocycles. The lowest BCUT2D eigenvalue weighted by Crippen LogP contribution is -2.51. The first-order valence-electron chi connectivity index (χ1n) is 11.6. The zero-order valence-electron chi connectivity index (χ0n) is 19.2. The molecular formula is C24H30N4O5S. The molecule has 1 unspecified atom stereocenters. The van der Waals surface area contributed by atoms with Gasteiger partial charge in [-0.15, -0.1) is 11.3 Å². The fraction of sp³-hybridized carbons (Fsp3) is 0.458. The highest BCUT2D eigenvalue weighted by molar-refractivity contribution is 7.09. The number of carbonyl (C=O) groups is 3. The Kier molecular flexibility index (Phi) is 8.02. The number of benzene rings is 1. The van der Waals surface area contributed by atoms with Crippen molar-refractivity contribution >= 4 is 34.9 Å². The van der Waals surface area contributed by atoms with Crippen LogP contribution in [0.15, 0.2) is 35.7 Å². The summed E-state index contributed by atoms with van der Waals surface area (Å²) in [6.45, 7) is 4.60. The molecule has 0 bridgehead atoms. The van der Waals surface area contributed by atoms with Gasteiger partial charge in [0.15, 0.2) is 11.5 Å². The molecule has 0 radical (unpaired) electrons. The summed E-state index contributed by atoms with van der Waals surface area (Å²) in [7, 11) is 0. The number of amides is 4. The summed E-state index contributed by atoms with van der Waals surface area (Å²) < 4.78 is 11.0. The van der Waals surface area contributed by atoms with Gasteiger partial charge in [0.25, 0.3) is 0 Å². The van der Waals surface area contributed by atoms with E-state index in [9.17, 15) is 14.4 Å². The van der Waals surface area contributed by atoms with Crippen LogP contribution in [0, 0.1) is 5.92 Å². The largest absolute Gasteiger partial charge is 0.486 e. The highest BCUT2D eigenvalue weighted by atomic mass is 32.1. The number of hydrogen-bond donors (Lipinski definition) is 3. The molecule has 0 aliphatic carbocycles. The Morgan fingerprint density at radius 1 is 1.12 bits per heavy atom. The molecule has 3 N–H and O–H groups in total. The van der Waals surface area contributed by atoms with Crippen LogP contribution in [0.3, 0.4) is 0 Å². The predicted octanol–water partition coefficient (Wildman–Crippen LogP) is 2.63. The Balaban J connectivity index is 1.18. The number of imide groups is 1. The summed E-state index contributed by atoms with van der Waals surface area (Å²) in [5.41, 5.74) is 0.508. The topological polar surface area (TPSA) is 109 Å². The molecule has 182 valence electrons. The molecule has 0 spiro atoms. The number of rotatable bonds is 7. The summed E-state index contributed by atoms with van der Waals surface area (Å²) in [6.07, 6.45) is 2.21. The van der Waals surface area contributed by atoms with E-state index in [1.807, 2.05) is 16.3 Å². The van der Waals surface area contributed by atoms with E-state index in [4.69, 9.17) is 9.47 Å². The van der Waals surface area contributed by atoms with Crippen molar-refractivity contribution in [1.29, 1.82) is 0 Å². The fourth-order valence-corrected chi connectivity index (χ4v) is 4.83. The van der Waals surface area contributed by atoms with Crippen LogP contribution < -0.4 is 25.4 Å². The predicted molar refractivity (Wildman–Crippen MR) is 129 cm³/mol. The lowest BCUT2D eigenvalue weighted by Gasteiger charge is -2.34. The molecule has 9 nitrogen and oxygen atoms in total. The Hall–Kier alpha value is -3.11. The van der Waals surface area contributed by atoms with Crippen LogP contribution in [-0.4, -0.2) is 61.6 Å². The number of fused-ring (bicyclic) bond motifs is 1. The van der Waals surface area contributed by atoms with Gasteiger partial charge in [0.2, 0.25) is 11.8 Å². The van der Waals surface area contributed by atoms with E-state index in [1.54, 1.807) is 36.5 Å². The normalized spacial score (nSPS) is 17.0. The number of piperidine rings is 1. The summed E-state index contributed by atoms with van der Waals surface area (Å²) in [6, 6.07) is 8.07. The number of carbonyl (C=O) groups excluding carboxylic acids is 3. The molecule has 2 aromatic rings. The lowest BCUT2D eigenvalue weighted by molar-refractivity contribution is -0.128. The molecule has 10 heteroatoms. The van der Waals surface area contributed by atoms with Crippen LogP contribution in [0.1, 0.15) is 24.6 Å². The van der Waals surface area contributed by atoms with Crippen LogP contribution in [0.5, 0.6) is 11.5 Å². The Morgan fingerprint density at radius 2 is 1.88 bits per heavy atom. The Morgan fingerprint density at radius 3 is 2.62 bits per heavy atom. The highest BCUT2D eigenvalue weighted by Crippen LogP contribution is 2.32. The van der Waals surface area contributed by atoms with E-state index < -0.39 is 12.1 Å². The van der Waals surface area contributed by atoms with Gasteiger partial charge in [-0.2, -0.15) is 0 Å². The molecule has 1 fully saturated rings. The van der Waals surface area contributed by atoms with E-state index in [-0.39, 0.29) is 17.7 Å². The SMILES string of the molecule is CC(C(=O)NC(=O)Nc1ccc2c(c1)OCCO2)N1CCC(C(=O)NCCc2cccs2)CC1. The summed E-state index contributed by atoms with van der Waals surface area (Å²) >= 11 is 1.69. The number of hydrogen-bond acceptors (Lipinski definition) is 7. The second-order valence-corrected chi connectivity index (χ2v) is 9.44. The van der Waals surface area contributed by atoms with Gasteiger partial charge >= 0.3 is 6.03 Å². The number of nitrogens with zero attached hydrogens (tertiary/aromatic N) is 1. The lowest BCUT2D eigenvalue weighted by atomic mass is 9.95. The minimum atomic E-state index is -0.603. The number of nitrogens with one attached hydrogen (secondary N) is 3. The molecule has 2 aliphatic rings. The standard InChI is InChI=1S/C24H30N4O5S/c1-16(22(29)27-24(31)26-18-4-5-20-21(15-18)33-13-12-32-20)28-10-7-17(8-11-28)23(30)25-9-6-19-3-2-14-34-19/h2-5,14-17H,6-13H2,1H3,(H,25,30)(H2,26,27,29,31). The molecular weight excluding hydrogens is 456 g/mol. The van der Waals surface area contributed by atoms with Crippen molar-refractivity contribution < 1.29 is 23.9 Å². The Bertz CT molecular complexity index is 1000. The third-order valence-electron chi connectivity index (χ3n) is 6.12. The van der Waals surface area contributed by atoms with E-state index in [0.29, 0.717) is 62.9 Å². The zero-order chi connectivity index (χ0) is 23.9. The summed E-state index contributed by atoms with van der Waals surface area (Å²) in [4.78, 5) is 40.7. The van der Waals surface area contributed by atoms with Gasteiger partial charge in [0.05, 0.1) is 6.04 Å². The highest BCUT2D eigenvalue weighted by Gasteiger charge is 2.30. The van der Waals surface area contributed by atoms with Crippen molar-refractivity contribution in [2.45, 2.75) is 32.2 Å².